The molecule has 9 heteroatoms. The van der Waals surface area contributed by atoms with Crippen LogP contribution in [0, 0.1) is 11.8 Å². The lowest BCUT2D eigenvalue weighted by Gasteiger charge is -2.05. The lowest BCUT2D eigenvalue weighted by atomic mass is 10.1. The van der Waals surface area contributed by atoms with Crippen molar-refractivity contribution in [3.63, 3.8) is 0 Å². The summed E-state index contributed by atoms with van der Waals surface area (Å²) in [5.41, 5.74) is 3.80. The second kappa shape index (κ2) is 6.65. The number of rotatable bonds is 4. The molecule has 0 unspecified atom stereocenters. The SMILES string of the molecule is Cc1ccc(Oc2nc3cc(-c4cn[nH]c4)c(Cl)cc3[nH]2)cc1C(=O)N=O. The molecule has 2 N–H and O–H groups in total. The predicted octanol–water partition coefficient (Wildman–Crippen LogP) is 4.61. The molecule has 0 spiro atoms. The first-order valence-electron chi connectivity index (χ1n) is 7.90. The van der Waals surface area contributed by atoms with Crippen molar-refractivity contribution in [1.29, 1.82) is 0 Å². The molecule has 8 nitrogen and oxygen atoms in total. The van der Waals surface area contributed by atoms with Gasteiger partial charge in [-0.25, -0.2) is 0 Å². The van der Waals surface area contributed by atoms with E-state index in [9.17, 15) is 9.70 Å². The van der Waals surface area contributed by atoms with Crippen LogP contribution in [-0.4, -0.2) is 26.1 Å². The fourth-order valence-corrected chi connectivity index (χ4v) is 3.00. The summed E-state index contributed by atoms with van der Waals surface area (Å²) in [4.78, 5) is 29.5. The number of H-pyrrole nitrogens is 2. The summed E-state index contributed by atoms with van der Waals surface area (Å²) in [6.45, 7) is 1.71. The van der Waals surface area contributed by atoms with Crippen molar-refractivity contribution in [3.05, 3.63) is 63.8 Å². The molecular weight excluding hydrogens is 370 g/mol. The summed E-state index contributed by atoms with van der Waals surface area (Å²) in [5, 5.41) is 9.67. The zero-order chi connectivity index (χ0) is 19.0. The second-order valence-corrected chi connectivity index (χ2v) is 6.26. The second-order valence-electron chi connectivity index (χ2n) is 5.85. The maximum Gasteiger partial charge on any atom is 0.317 e. The van der Waals surface area contributed by atoms with Gasteiger partial charge in [0, 0.05) is 22.5 Å². The Hall–Kier alpha value is -3.52. The molecular formula is C18H12ClN5O3. The number of hydrogen-bond acceptors (Lipinski definition) is 5. The van der Waals surface area contributed by atoms with Gasteiger partial charge in [-0.2, -0.15) is 10.1 Å². The van der Waals surface area contributed by atoms with Gasteiger partial charge < -0.3 is 9.72 Å². The fourth-order valence-electron chi connectivity index (χ4n) is 2.73. The molecule has 0 saturated carbocycles. The van der Waals surface area contributed by atoms with Crippen LogP contribution in [0.5, 0.6) is 11.8 Å². The molecule has 4 rings (SSSR count). The van der Waals surface area contributed by atoms with Gasteiger partial charge in [-0.15, -0.1) is 4.91 Å². The van der Waals surface area contributed by atoms with Gasteiger partial charge in [0.2, 0.25) is 0 Å². The quantitative estimate of drug-likeness (QED) is 0.501. The normalized spacial score (nSPS) is 10.9. The zero-order valence-corrected chi connectivity index (χ0v) is 14.7. The maximum atomic E-state index is 11.6. The van der Waals surface area contributed by atoms with E-state index < -0.39 is 5.91 Å². The van der Waals surface area contributed by atoms with Crippen LogP contribution in [0.1, 0.15) is 15.9 Å². The van der Waals surface area contributed by atoms with Gasteiger partial charge in [0.15, 0.2) is 0 Å². The van der Waals surface area contributed by atoms with E-state index in [-0.39, 0.29) is 11.6 Å². The summed E-state index contributed by atoms with van der Waals surface area (Å²) in [5.74, 6) is -0.494. The number of amides is 1. The third-order valence-corrected chi connectivity index (χ3v) is 4.41. The Morgan fingerprint density at radius 2 is 2.11 bits per heavy atom. The highest BCUT2D eigenvalue weighted by molar-refractivity contribution is 6.34. The van der Waals surface area contributed by atoms with Crippen molar-refractivity contribution >= 4 is 28.5 Å². The predicted molar refractivity (Wildman–Crippen MR) is 100 cm³/mol. The van der Waals surface area contributed by atoms with E-state index >= 15 is 0 Å². The van der Waals surface area contributed by atoms with E-state index in [2.05, 4.69) is 25.3 Å². The van der Waals surface area contributed by atoms with Crippen molar-refractivity contribution in [2.75, 3.05) is 0 Å². The number of carbonyl (C=O) groups is 1. The molecule has 4 aromatic rings. The van der Waals surface area contributed by atoms with Crippen LogP contribution in [-0.2, 0) is 0 Å². The lowest BCUT2D eigenvalue weighted by molar-refractivity contribution is 0.1000. The van der Waals surface area contributed by atoms with Crippen molar-refractivity contribution in [2.24, 2.45) is 5.18 Å². The molecule has 0 radical (unpaired) electrons. The summed E-state index contributed by atoms with van der Waals surface area (Å²) >= 11 is 6.35. The number of benzene rings is 2. The van der Waals surface area contributed by atoms with Crippen molar-refractivity contribution < 1.29 is 9.53 Å². The van der Waals surface area contributed by atoms with Crippen molar-refractivity contribution in [2.45, 2.75) is 6.92 Å². The Morgan fingerprint density at radius 1 is 1.26 bits per heavy atom. The molecule has 2 heterocycles. The highest BCUT2D eigenvalue weighted by atomic mass is 35.5. The van der Waals surface area contributed by atoms with Crippen molar-refractivity contribution in [1.82, 2.24) is 20.2 Å². The topological polar surface area (TPSA) is 113 Å². The Balaban J connectivity index is 1.69. The third-order valence-electron chi connectivity index (χ3n) is 4.10. The molecule has 2 aromatic carbocycles. The molecule has 0 atom stereocenters. The monoisotopic (exact) mass is 381 g/mol. The van der Waals surface area contributed by atoms with E-state index in [1.807, 2.05) is 6.07 Å². The molecule has 134 valence electrons. The van der Waals surface area contributed by atoms with Crippen LogP contribution in [0.4, 0.5) is 0 Å². The molecule has 0 saturated heterocycles. The number of hydrogen-bond donors (Lipinski definition) is 2. The molecule has 0 aliphatic carbocycles. The minimum Gasteiger partial charge on any atom is -0.426 e. The van der Waals surface area contributed by atoms with Gasteiger partial charge in [-0.3, -0.25) is 9.89 Å². The average molecular weight is 382 g/mol. The number of aromatic amines is 2. The number of fused-ring (bicyclic) bond motifs is 1. The number of halogens is 1. The van der Waals surface area contributed by atoms with Crippen LogP contribution in [0.2, 0.25) is 5.02 Å². The minimum atomic E-state index is -0.848. The standard InChI is InChI=1S/C18H12ClN5O3/c1-9-2-3-11(4-12(9)17(25)24-26)27-18-22-15-5-13(10-7-20-21-8-10)14(19)6-16(15)23-18/h2-8H,1H3,(H,20,21)(H,22,23). The number of ether oxygens (including phenoxy) is 1. The van der Waals surface area contributed by atoms with Gasteiger partial charge in [0.1, 0.15) is 5.75 Å². The van der Waals surface area contributed by atoms with Gasteiger partial charge >= 0.3 is 5.91 Å². The highest BCUT2D eigenvalue weighted by Crippen LogP contribution is 2.32. The number of nitrogens with one attached hydrogen (secondary N) is 2. The Labute approximate surface area is 157 Å². The first-order valence-corrected chi connectivity index (χ1v) is 8.27. The molecule has 2 aromatic heterocycles. The first kappa shape index (κ1) is 16.9. The van der Waals surface area contributed by atoms with Crippen LogP contribution < -0.4 is 4.74 Å². The first-order chi connectivity index (χ1) is 13.0. The smallest absolute Gasteiger partial charge is 0.317 e. The van der Waals surface area contributed by atoms with Crippen LogP contribution >= 0.6 is 11.6 Å². The van der Waals surface area contributed by atoms with Gasteiger partial charge in [-0.1, -0.05) is 17.7 Å². The Morgan fingerprint density at radius 3 is 2.85 bits per heavy atom. The molecule has 0 aliphatic rings. The van der Waals surface area contributed by atoms with Gasteiger partial charge in [0.25, 0.3) is 6.01 Å². The Bertz CT molecular complexity index is 1170. The number of nitroso groups, excluding NO2 is 1. The summed E-state index contributed by atoms with van der Waals surface area (Å²) < 4.78 is 5.70. The number of aromatic nitrogens is 4. The number of nitrogens with zero attached hydrogens (tertiary/aromatic N) is 3. The largest absolute Gasteiger partial charge is 0.426 e. The number of carbonyl (C=O) groups excluding carboxylic acids is 1. The zero-order valence-electron chi connectivity index (χ0n) is 14.0. The third kappa shape index (κ3) is 3.18. The molecule has 1 amide bonds. The lowest BCUT2D eigenvalue weighted by Crippen LogP contribution is -1.98. The van der Waals surface area contributed by atoms with Crippen LogP contribution in [0.15, 0.2) is 47.9 Å². The fraction of sp³-hybridized carbons (Fsp3) is 0.0556. The minimum absolute atomic E-state index is 0.184. The molecule has 0 bridgehead atoms. The van der Waals surface area contributed by atoms with E-state index in [1.165, 1.54) is 6.07 Å². The van der Waals surface area contributed by atoms with Crippen LogP contribution in [0.25, 0.3) is 22.2 Å². The average Bonchev–Trinajstić information content (AvgIpc) is 3.31. The summed E-state index contributed by atoms with van der Waals surface area (Å²) in [6.07, 6.45) is 3.41. The summed E-state index contributed by atoms with van der Waals surface area (Å²) in [6, 6.07) is 8.60. The molecule has 0 fully saturated rings. The van der Waals surface area contributed by atoms with E-state index in [0.717, 1.165) is 11.1 Å². The van der Waals surface area contributed by atoms with Crippen molar-refractivity contribution in [3.8, 4) is 22.9 Å². The van der Waals surface area contributed by atoms with E-state index in [1.54, 1.807) is 37.5 Å². The maximum absolute atomic E-state index is 11.6. The summed E-state index contributed by atoms with van der Waals surface area (Å²) in [7, 11) is 0. The Kier molecular flexibility index (Phi) is 4.17. The van der Waals surface area contributed by atoms with Crippen LogP contribution in [0.3, 0.4) is 0 Å². The molecule has 27 heavy (non-hydrogen) atoms. The number of imidazole rings is 1. The number of aryl methyl sites for hydroxylation is 1. The molecule has 0 aliphatic heterocycles. The van der Waals surface area contributed by atoms with E-state index in [4.69, 9.17) is 16.3 Å². The van der Waals surface area contributed by atoms with E-state index in [0.29, 0.717) is 27.4 Å². The van der Waals surface area contributed by atoms with Gasteiger partial charge in [0.05, 0.1) is 27.8 Å². The van der Waals surface area contributed by atoms with Gasteiger partial charge in [-0.05, 0) is 36.8 Å². The highest BCUT2D eigenvalue weighted by Gasteiger charge is 2.14.